The van der Waals surface area contributed by atoms with Crippen molar-refractivity contribution < 1.29 is 14.5 Å². The van der Waals surface area contributed by atoms with Crippen LogP contribution in [0.3, 0.4) is 0 Å². The zero-order valence-electron chi connectivity index (χ0n) is 13.0. The highest BCUT2D eigenvalue weighted by atomic mass is 16.6. The summed E-state index contributed by atoms with van der Waals surface area (Å²) < 4.78 is 5.66. The minimum atomic E-state index is -0.468. The lowest BCUT2D eigenvalue weighted by Gasteiger charge is -2.38. The standard InChI is InChI=1S/C15H21N3O4/c1-10-8-17(9-11(2)22-10)12(3)15(19)16-13-4-6-14(7-5-13)18(20)21/h4-7,10-12H,8-9H2,1-3H3,(H,16,19)/t10-,11-,12-/m1/s1. The van der Waals surface area contributed by atoms with Crippen molar-refractivity contribution in [2.45, 2.75) is 39.0 Å². The number of nitro groups is 1. The summed E-state index contributed by atoms with van der Waals surface area (Å²) in [6.45, 7) is 7.25. The lowest BCUT2D eigenvalue weighted by atomic mass is 10.1. The van der Waals surface area contributed by atoms with Crippen molar-refractivity contribution >= 4 is 17.3 Å². The molecule has 7 nitrogen and oxygen atoms in total. The number of morpholine rings is 1. The van der Waals surface area contributed by atoms with Crippen LogP contribution < -0.4 is 5.32 Å². The van der Waals surface area contributed by atoms with Crippen LogP contribution in [0.25, 0.3) is 0 Å². The first kappa shape index (κ1) is 16.4. The molecule has 1 heterocycles. The number of hydrogen-bond acceptors (Lipinski definition) is 5. The maximum Gasteiger partial charge on any atom is 0.269 e. The Balaban J connectivity index is 1.97. The third-order valence-electron chi connectivity index (χ3n) is 3.72. The number of hydrogen-bond donors (Lipinski definition) is 1. The quantitative estimate of drug-likeness (QED) is 0.679. The number of rotatable bonds is 4. The van der Waals surface area contributed by atoms with E-state index in [0.29, 0.717) is 18.8 Å². The summed E-state index contributed by atoms with van der Waals surface area (Å²) in [5.41, 5.74) is 0.554. The van der Waals surface area contributed by atoms with Gasteiger partial charge in [-0.3, -0.25) is 19.8 Å². The summed E-state index contributed by atoms with van der Waals surface area (Å²) in [7, 11) is 0. The molecule has 1 amide bonds. The molecule has 1 fully saturated rings. The number of benzene rings is 1. The summed E-state index contributed by atoms with van der Waals surface area (Å²) in [6, 6.07) is 5.53. The molecule has 1 saturated heterocycles. The lowest BCUT2D eigenvalue weighted by molar-refractivity contribution is -0.384. The third-order valence-corrected chi connectivity index (χ3v) is 3.72. The Morgan fingerprint density at radius 2 is 1.86 bits per heavy atom. The van der Waals surface area contributed by atoms with Crippen molar-refractivity contribution in [3.05, 3.63) is 34.4 Å². The summed E-state index contributed by atoms with van der Waals surface area (Å²) in [5.74, 6) is -0.129. The normalized spacial score (nSPS) is 23.8. The number of carbonyl (C=O) groups is 1. The van der Waals surface area contributed by atoms with Crippen LogP contribution in [0.2, 0.25) is 0 Å². The van der Waals surface area contributed by atoms with Crippen LogP contribution in [-0.4, -0.2) is 47.1 Å². The van der Waals surface area contributed by atoms with Crippen LogP contribution in [0.1, 0.15) is 20.8 Å². The van der Waals surface area contributed by atoms with Crippen LogP contribution in [0.4, 0.5) is 11.4 Å². The highest BCUT2D eigenvalue weighted by Crippen LogP contribution is 2.17. The molecule has 2 rings (SSSR count). The van der Waals surface area contributed by atoms with Crippen molar-refractivity contribution in [3.63, 3.8) is 0 Å². The molecular weight excluding hydrogens is 286 g/mol. The number of anilines is 1. The first-order chi connectivity index (χ1) is 10.4. The maximum absolute atomic E-state index is 12.3. The minimum absolute atomic E-state index is 0.00174. The van der Waals surface area contributed by atoms with Crippen molar-refractivity contribution in [1.29, 1.82) is 0 Å². The summed E-state index contributed by atoms with van der Waals surface area (Å²) in [6.07, 6.45) is 0.191. The SMILES string of the molecule is C[C@@H]1CN([C@H](C)C(=O)Nc2ccc([N+](=O)[O-])cc2)C[C@@H](C)O1. The lowest BCUT2D eigenvalue weighted by Crippen LogP contribution is -2.52. The van der Waals surface area contributed by atoms with E-state index in [0.717, 1.165) is 0 Å². The van der Waals surface area contributed by atoms with Gasteiger partial charge in [0, 0.05) is 30.9 Å². The zero-order valence-corrected chi connectivity index (χ0v) is 13.0. The molecule has 1 aliphatic heterocycles. The molecule has 0 radical (unpaired) electrons. The molecule has 0 aromatic heterocycles. The molecule has 22 heavy (non-hydrogen) atoms. The predicted octanol–water partition coefficient (Wildman–Crippen LogP) is 2.03. The van der Waals surface area contributed by atoms with E-state index in [1.807, 2.05) is 20.8 Å². The first-order valence-electron chi connectivity index (χ1n) is 7.31. The van der Waals surface area contributed by atoms with Crippen LogP contribution in [0.5, 0.6) is 0 Å². The molecular formula is C15H21N3O4. The molecule has 0 unspecified atom stereocenters. The van der Waals surface area contributed by atoms with E-state index in [9.17, 15) is 14.9 Å². The van der Waals surface area contributed by atoms with Gasteiger partial charge >= 0.3 is 0 Å². The third kappa shape index (κ3) is 4.02. The number of non-ortho nitro benzene ring substituents is 1. The highest BCUT2D eigenvalue weighted by molar-refractivity contribution is 5.94. The van der Waals surface area contributed by atoms with Crippen molar-refractivity contribution in [3.8, 4) is 0 Å². The molecule has 1 aromatic rings. The topological polar surface area (TPSA) is 84.7 Å². The second-order valence-electron chi connectivity index (χ2n) is 5.68. The zero-order chi connectivity index (χ0) is 16.3. The number of ether oxygens (including phenoxy) is 1. The summed E-state index contributed by atoms with van der Waals surface area (Å²) in [5, 5.41) is 13.4. The van der Waals surface area contributed by atoms with Gasteiger partial charge in [0.25, 0.3) is 5.69 Å². The van der Waals surface area contributed by atoms with E-state index in [4.69, 9.17) is 4.74 Å². The monoisotopic (exact) mass is 307 g/mol. The fraction of sp³-hybridized carbons (Fsp3) is 0.533. The number of nitrogens with zero attached hydrogens (tertiary/aromatic N) is 2. The molecule has 120 valence electrons. The van der Waals surface area contributed by atoms with E-state index >= 15 is 0 Å². The molecule has 1 aromatic carbocycles. The second-order valence-corrected chi connectivity index (χ2v) is 5.68. The average Bonchev–Trinajstić information content (AvgIpc) is 2.46. The van der Waals surface area contributed by atoms with Gasteiger partial charge in [0.15, 0.2) is 0 Å². The van der Waals surface area contributed by atoms with E-state index in [2.05, 4.69) is 10.2 Å². The molecule has 0 bridgehead atoms. The van der Waals surface area contributed by atoms with Crippen molar-refractivity contribution in [2.24, 2.45) is 0 Å². The minimum Gasteiger partial charge on any atom is -0.373 e. The van der Waals surface area contributed by atoms with E-state index in [1.165, 1.54) is 24.3 Å². The Hall–Kier alpha value is -1.99. The smallest absolute Gasteiger partial charge is 0.269 e. The second kappa shape index (κ2) is 6.85. The number of nitrogens with one attached hydrogen (secondary N) is 1. The number of carbonyl (C=O) groups excluding carboxylic acids is 1. The fourth-order valence-corrected chi connectivity index (χ4v) is 2.61. The van der Waals surface area contributed by atoms with E-state index < -0.39 is 4.92 Å². The Bertz CT molecular complexity index is 536. The average molecular weight is 307 g/mol. The first-order valence-corrected chi connectivity index (χ1v) is 7.31. The largest absolute Gasteiger partial charge is 0.373 e. The fourth-order valence-electron chi connectivity index (χ4n) is 2.61. The van der Waals surface area contributed by atoms with Crippen LogP contribution in [0.15, 0.2) is 24.3 Å². The van der Waals surface area contributed by atoms with Gasteiger partial charge < -0.3 is 10.1 Å². The molecule has 0 aliphatic carbocycles. The Labute approximate surface area is 129 Å². The maximum atomic E-state index is 12.3. The van der Waals surface area contributed by atoms with E-state index in [-0.39, 0.29) is 29.8 Å². The molecule has 0 spiro atoms. The Morgan fingerprint density at radius 3 is 2.36 bits per heavy atom. The van der Waals surface area contributed by atoms with Gasteiger partial charge in [0.2, 0.25) is 5.91 Å². The van der Waals surface area contributed by atoms with Crippen molar-refractivity contribution in [1.82, 2.24) is 4.90 Å². The number of amides is 1. The highest BCUT2D eigenvalue weighted by Gasteiger charge is 2.29. The van der Waals surface area contributed by atoms with Crippen molar-refractivity contribution in [2.75, 3.05) is 18.4 Å². The predicted molar refractivity (Wildman–Crippen MR) is 82.8 cm³/mol. The van der Waals surface area contributed by atoms with Crippen LogP contribution in [0, 0.1) is 10.1 Å². The van der Waals surface area contributed by atoms with Gasteiger partial charge in [-0.1, -0.05) is 0 Å². The summed E-state index contributed by atoms with van der Waals surface area (Å²) >= 11 is 0. The molecule has 7 heteroatoms. The number of nitro benzene ring substituents is 1. The Morgan fingerprint density at radius 1 is 1.32 bits per heavy atom. The van der Waals surface area contributed by atoms with Crippen LogP contribution >= 0.6 is 0 Å². The van der Waals surface area contributed by atoms with Gasteiger partial charge in [0.1, 0.15) is 0 Å². The van der Waals surface area contributed by atoms with Gasteiger partial charge in [-0.25, -0.2) is 0 Å². The Kier molecular flexibility index (Phi) is 5.10. The van der Waals surface area contributed by atoms with Gasteiger partial charge in [-0.2, -0.15) is 0 Å². The molecule has 3 atom stereocenters. The van der Waals surface area contributed by atoms with Gasteiger partial charge in [-0.05, 0) is 32.9 Å². The molecule has 1 aliphatic rings. The van der Waals surface area contributed by atoms with Crippen LogP contribution in [-0.2, 0) is 9.53 Å². The van der Waals surface area contributed by atoms with Gasteiger partial charge in [-0.15, -0.1) is 0 Å². The van der Waals surface area contributed by atoms with Gasteiger partial charge in [0.05, 0.1) is 23.2 Å². The molecule has 1 N–H and O–H groups in total. The summed E-state index contributed by atoms with van der Waals surface area (Å²) in [4.78, 5) is 24.5. The molecule has 0 saturated carbocycles. The van der Waals surface area contributed by atoms with E-state index in [1.54, 1.807) is 0 Å².